The number of piperidine rings is 1. The molecule has 0 saturated carbocycles. The van der Waals surface area contributed by atoms with E-state index < -0.39 is 0 Å². The third-order valence-electron chi connectivity index (χ3n) is 6.09. The fraction of sp³-hybridized carbons (Fsp3) is 0.700. The van der Waals surface area contributed by atoms with Crippen LogP contribution in [0.4, 0.5) is 0 Å². The minimum absolute atomic E-state index is 0.181. The van der Waals surface area contributed by atoms with Crippen LogP contribution in [-0.4, -0.2) is 53.9 Å². The molecule has 0 N–H and O–H groups in total. The van der Waals surface area contributed by atoms with Gasteiger partial charge in [-0.2, -0.15) is 0 Å². The first-order valence-electron chi connectivity index (χ1n) is 9.72. The number of likely N-dealkylation sites (tertiary alicyclic amines) is 1. The van der Waals surface area contributed by atoms with Crippen LogP contribution in [0, 0.1) is 5.41 Å². The van der Waals surface area contributed by atoms with Crippen LogP contribution < -0.4 is 0 Å². The summed E-state index contributed by atoms with van der Waals surface area (Å²) in [7, 11) is 0. The maximum absolute atomic E-state index is 6.00. The summed E-state index contributed by atoms with van der Waals surface area (Å²) in [6, 6.07) is 2.63. The van der Waals surface area contributed by atoms with Crippen molar-refractivity contribution in [3.63, 3.8) is 0 Å². The molecule has 0 aliphatic carbocycles. The molecule has 5 heteroatoms. The molecule has 0 radical (unpaired) electrons. The Morgan fingerprint density at radius 1 is 1.32 bits per heavy atom. The first-order chi connectivity index (χ1) is 12.3. The fourth-order valence-corrected chi connectivity index (χ4v) is 4.89. The Morgan fingerprint density at radius 2 is 2.28 bits per heavy atom. The summed E-state index contributed by atoms with van der Waals surface area (Å²) in [4.78, 5) is 11.7. The molecular formula is C20H29N3O2. The van der Waals surface area contributed by atoms with Gasteiger partial charge in [0, 0.05) is 37.2 Å². The van der Waals surface area contributed by atoms with Crippen molar-refractivity contribution >= 4 is 0 Å². The van der Waals surface area contributed by atoms with Gasteiger partial charge in [0.2, 0.25) is 0 Å². The topological polar surface area (TPSA) is 47.5 Å². The summed E-state index contributed by atoms with van der Waals surface area (Å²) in [5, 5.41) is 0. The summed E-state index contributed by atoms with van der Waals surface area (Å²) < 4.78 is 11.6. The smallest absolute Gasteiger partial charge is 0.128 e. The SMILES string of the molecule is CCc1nccc(CN2CCC[C@@]3(C4=CCOCC4)COCC[C@H]23)n1. The third kappa shape index (κ3) is 3.37. The van der Waals surface area contributed by atoms with Crippen LogP contribution in [-0.2, 0) is 22.4 Å². The molecule has 2 saturated heterocycles. The standard InChI is InChI=1S/C20H29N3O2/c1-2-19-21-9-4-17(22-19)14-23-10-3-8-20(15-25-13-7-18(20)23)16-5-11-24-12-6-16/h4-5,9,18H,2-3,6-8,10-15H2,1H3/t18-,20-/m0/s1. The number of nitrogens with zero attached hydrogens (tertiary/aromatic N) is 3. The van der Waals surface area contributed by atoms with E-state index in [-0.39, 0.29) is 5.41 Å². The summed E-state index contributed by atoms with van der Waals surface area (Å²) in [6.45, 7) is 7.54. The number of ether oxygens (including phenoxy) is 2. The Kier molecular flexibility index (Phi) is 5.15. The average molecular weight is 343 g/mol. The second kappa shape index (κ2) is 7.52. The molecule has 5 nitrogen and oxygen atoms in total. The molecule has 0 amide bonds. The van der Waals surface area contributed by atoms with Crippen LogP contribution >= 0.6 is 0 Å². The van der Waals surface area contributed by atoms with Crippen molar-refractivity contribution < 1.29 is 9.47 Å². The van der Waals surface area contributed by atoms with Crippen LogP contribution in [0.3, 0.4) is 0 Å². The van der Waals surface area contributed by atoms with Gasteiger partial charge in [-0.25, -0.2) is 9.97 Å². The molecule has 0 spiro atoms. The Morgan fingerprint density at radius 3 is 3.12 bits per heavy atom. The minimum atomic E-state index is 0.181. The zero-order valence-electron chi connectivity index (χ0n) is 15.2. The van der Waals surface area contributed by atoms with Crippen molar-refractivity contribution in [2.45, 2.75) is 51.6 Å². The summed E-state index contributed by atoms with van der Waals surface area (Å²) >= 11 is 0. The van der Waals surface area contributed by atoms with Crippen molar-refractivity contribution in [2.75, 3.05) is 33.0 Å². The Labute approximate surface area is 150 Å². The first kappa shape index (κ1) is 17.1. The van der Waals surface area contributed by atoms with Gasteiger partial charge in [-0.15, -0.1) is 0 Å². The molecule has 2 fully saturated rings. The average Bonchev–Trinajstić information content (AvgIpc) is 2.69. The van der Waals surface area contributed by atoms with Crippen molar-refractivity contribution in [3.05, 3.63) is 35.4 Å². The quantitative estimate of drug-likeness (QED) is 0.787. The lowest BCUT2D eigenvalue weighted by atomic mass is 9.65. The highest BCUT2D eigenvalue weighted by molar-refractivity contribution is 5.23. The van der Waals surface area contributed by atoms with Crippen molar-refractivity contribution in [3.8, 4) is 0 Å². The molecule has 0 unspecified atom stereocenters. The molecule has 0 bridgehead atoms. The fourth-order valence-electron chi connectivity index (χ4n) is 4.89. The molecule has 25 heavy (non-hydrogen) atoms. The van der Waals surface area contributed by atoms with Crippen LogP contribution in [0.5, 0.6) is 0 Å². The van der Waals surface area contributed by atoms with Crippen molar-refractivity contribution in [2.24, 2.45) is 5.41 Å². The number of rotatable bonds is 4. The first-order valence-corrected chi connectivity index (χ1v) is 9.72. The molecule has 3 aliphatic heterocycles. The van der Waals surface area contributed by atoms with Crippen LogP contribution in [0.1, 0.15) is 44.1 Å². The Hall–Kier alpha value is -1.30. The molecule has 3 aliphatic rings. The van der Waals surface area contributed by atoms with Crippen molar-refractivity contribution in [1.82, 2.24) is 14.9 Å². The van der Waals surface area contributed by atoms with Crippen LogP contribution in [0.2, 0.25) is 0 Å². The second-order valence-electron chi connectivity index (χ2n) is 7.46. The summed E-state index contributed by atoms with van der Waals surface area (Å²) in [6.07, 6.45) is 9.76. The Bertz CT molecular complexity index is 629. The third-order valence-corrected chi connectivity index (χ3v) is 6.09. The van der Waals surface area contributed by atoms with E-state index >= 15 is 0 Å². The van der Waals surface area contributed by atoms with Gasteiger partial charge in [0.1, 0.15) is 5.82 Å². The molecule has 4 rings (SSSR count). The van der Waals surface area contributed by atoms with E-state index in [1.165, 1.54) is 12.8 Å². The van der Waals surface area contributed by atoms with E-state index in [1.807, 2.05) is 6.20 Å². The molecule has 1 aromatic rings. The van der Waals surface area contributed by atoms with E-state index in [9.17, 15) is 0 Å². The minimum Gasteiger partial charge on any atom is -0.380 e. The Balaban J connectivity index is 1.59. The van der Waals surface area contributed by atoms with Crippen molar-refractivity contribution in [1.29, 1.82) is 0 Å². The van der Waals surface area contributed by atoms with E-state index in [1.54, 1.807) is 5.57 Å². The molecule has 0 aromatic carbocycles. The van der Waals surface area contributed by atoms with E-state index in [4.69, 9.17) is 14.5 Å². The number of aryl methyl sites for hydroxylation is 1. The van der Waals surface area contributed by atoms with E-state index in [0.717, 1.165) is 70.3 Å². The predicted molar refractivity (Wildman–Crippen MR) is 96.2 cm³/mol. The largest absolute Gasteiger partial charge is 0.380 e. The lowest BCUT2D eigenvalue weighted by Gasteiger charge is -2.54. The maximum Gasteiger partial charge on any atom is 0.128 e. The highest BCUT2D eigenvalue weighted by Gasteiger charge is 2.48. The van der Waals surface area contributed by atoms with Crippen LogP contribution in [0.15, 0.2) is 23.9 Å². The van der Waals surface area contributed by atoms with E-state index in [2.05, 4.69) is 29.0 Å². The highest BCUT2D eigenvalue weighted by Crippen LogP contribution is 2.48. The summed E-state index contributed by atoms with van der Waals surface area (Å²) in [5.74, 6) is 0.944. The zero-order chi connectivity index (χ0) is 17.1. The van der Waals surface area contributed by atoms with Gasteiger partial charge >= 0.3 is 0 Å². The molecule has 136 valence electrons. The summed E-state index contributed by atoms with van der Waals surface area (Å²) in [5.41, 5.74) is 2.90. The highest BCUT2D eigenvalue weighted by atomic mass is 16.5. The molecule has 2 atom stereocenters. The van der Waals surface area contributed by atoms with Gasteiger partial charge in [-0.05, 0) is 38.3 Å². The van der Waals surface area contributed by atoms with Gasteiger partial charge in [0.05, 0.1) is 25.5 Å². The monoisotopic (exact) mass is 343 g/mol. The van der Waals surface area contributed by atoms with Gasteiger partial charge < -0.3 is 9.47 Å². The predicted octanol–water partition coefficient (Wildman–Crippen LogP) is 2.76. The lowest BCUT2D eigenvalue weighted by Crippen LogP contribution is -2.58. The number of aromatic nitrogens is 2. The number of fused-ring (bicyclic) bond motifs is 1. The maximum atomic E-state index is 6.00. The van der Waals surface area contributed by atoms with Crippen LogP contribution in [0.25, 0.3) is 0 Å². The van der Waals surface area contributed by atoms with Gasteiger partial charge in [0.25, 0.3) is 0 Å². The van der Waals surface area contributed by atoms with E-state index in [0.29, 0.717) is 6.04 Å². The zero-order valence-corrected chi connectivity index (χ0v) is 15.2. The van der Waals surface area contributed by atoms with Gasteiger partial charge in [-0.3, -0.25) is 4.90 Å². The number of hydrogen-bond acceptors (Lipinski definition) is 5. The second-order valence-corrected chi connectivity index (χ2v) is 7.46. The number of hydrogen-bond donors (Lipinski definition) is 0. The molecular weight excluding hydrogens is 314 g/mol. The van der Waals surface area contributed by atoms with Gasteiger partial charge in [-0.1, -0.05) is 18.6 Å². The molecule has 1 aromatic heterocycles. The lowest BCUT2D eigenvalue weighted by molar-refractivity contribution is -0.0877. The normalized spacial score (nSPS) is 30.6. The van der Waals surface area contributed by atoms with Gasteiger partial charge in [0.15, 0.2) is 0 Å². The molecule has 4 heterocycles.